The van der Waals surface area contributed by atoms with E-state index in [1.165, 1.54) is 6.07 Å². The number of amides is 1. The Morgan fingerprint density at radius 2 is 2.04 bits per heavy atom. The van der Waals surface area contributed by atoms with E-state index in [0.29, 0.717) is 24.2 Å². The van der Waals surface area contributed by atoms with Crippen LogP contribution in [-0.4, -0.2) is 33.7 Å². The standard InChI is InChI=1S/C18H22FN3O/c1-12-6-7-15(10-17(12)19)18(23)21-8-4-5-16(11-21)22-14(3)9-13(2)20-22/h6-7,9-10,16H,4-5,8,11H2,1-3H3/t16-/m0/s1. The Bertz CT molecular complexity index is 738. The molecule has 1 amide bonds. The number of rotatable bonds is 2. The highest BCUT2D eigenvalue weighted by molar-refractivity contribution is 5.94. The average molecular weight is 315 g/mol. The SMILES string of the molecule is Cc1cc(C)n([C@H]2CCCN(C(=O)c3ccc(C)c(F)c3)C2)n1. The second kappa shape index (κ2) is 6.14. The molecule has 23 heavy (non-hydrogen) atoms. The van der Waals surface area contributed by atoms with Crippen LogP contribution in [-0.2, 0) is 0 Å². The summed E-state index contributed by atoms with van der Waals surface area (Å²) in [7, 11) is 0. The van der Waals surface area contributed by atoms with Crippen molar-refractivity contribution in [2.45, 2.75) is 39.7 Å². The molecule has 5 heteroatoms. The van der Waals surface area contributed by atoms with Crippen molar-refractivity contribution >= 4 is 5.91 Å². The molecule has 3 rings (SSSR count). The molecule has 1 aliphatic rings. The van der Waals surface area contributed by atoms with Gasteiger partial charge in [-0.15, -0.1) is 0 Å². The molecule has 1 aliphatic heterocycles. The van der Waals surface area contributed by atoms with E-state index in [-0.39, 0.29) is 17.8 Å². The van der Waals surface area contributed by atoms with Gasteiger partial charge in [0.05, 0.1) is 11.7 Å². The van der Waals surface area contributed by atoms with E-state index < -0.39 is 0 Å². The first kappa shape index (κ1) is 15.7. The van der Waals surface area contributed by atoms with Gasteiger partial charge >= 0.3 is 0 Å². The highest BCUT2D eigenvalue weighted by Crippen LogP contribution is 2.24. The van der Waals surface area contributed by atoms with E-state index in [0.717, 1.165) is 24.2 Å². The lowest BCUT2D eigenvalue weighted by atomic mass is 10.0. The van der Waals surface area contributed by atoms with Gasteiger partial charge in [0.1, 0.15) is 5.82 Å². The molecule has 0 spiro atoms. The van der Waals surface area contributed by atoms with Gasteiger partial charge in [-0.3, -0.25) is 9.48 Å². The molecule has 4 nitrogen and oxygen atoms in total. The van der Waals surface area contributed by atoms with E-state index in [1.807, 2.05) is 23.4 Å². The highest BCUT2D eigenvalue weighted by atomic mass is 19.1. The third kappa shape index (κ3) is 3.14. The molecule has 2 heterocycles. The number of aryl methyl sites for hydroxylation is 3. The topological polar surface area (TPSA) is 38.1 Å². The molecule has 1 saturated heterocycles. The lowest BCUT2D eigenvalue weighted by molar-refractivity contribution is 0.0671. The molecule has 0 saturated carbocycles. The van der Waals surface area contributed by atoms with E-state index in [1.54, 1.807) is 19.1 Å². The van der Waals surface area contributed by atoms with Crippen molar-refractivity contribution in [2.75, 3.05) is 13.1 Å². The van der Waals surface area contributed by atoms with Crippen LogP contribution in [0.15, 0.2) is 24.3 Å². The Labute approximate surface area is 135 Å². The number of piperidine rings is 1. The Morgan fingerprint density at radius 3 is 2.70 bits per heavy atom. The summed E-state index contributed by atoms with van der Waals surface area (Å²) in [4.78, 5) is 14.5. The summed E-state index contributed by atoms with van der Waals surface area (Å²) in [6, 6.07) is 6.94. The lowest BCUT2D eigenvalue weighted by Gasteiger charge is -2.33. The number of likely N-dealkylation sites (tertiary alicyclic amines) is 1. The molecule has 1 aromatic heterocycles. The maximum Gasteiger partial charge on any atom is 0.254 e. The predicted octanol–water partition coefficient (Wildman–Crippen LogP) is 3.42. The van der Waals surface area contributed by atoms with Crippen LogP contribution in [0.4, 0.5) is 4.39 Å². The van der Waals surface area contributed by atoms with Gasteiger partial charge in [-0.2, -0.15) is 5.10 Å². The summed E-state index contributed by atoms with van der Waals surface area (Å²) in [6.07, 6.45) is 1.94. The van der Waals surface area contributed by atoms with E-state index in [9.17, 15) is 9.18 Å². The van der Waals surface area contributed by atoms with Crippen molar-refractivity contribution in [3.63, 3.8) is 0 Å². The van der Waals surface area contributed by atoms with Crippen LogP contribution in [0.3, 0.4) is 0 Å². The van der Waals surface area contributed by atoms with Gasteiger partial charge in [0.15, 0.2) is 0 Å². The van der Waals surface area contributed by atoms with Gasteiger partial charge in [-0.05, 0) is 57.4 Å². The predicted molar refractivity (Wildman–Crippen MR) is 87.0 cm³/mol. The first-order chi connectivity index (χ1) is 11.0. The molecule has 2 aromatic rings. The summed E-state index contributed by atoms with van der Waals surface area (Å²) < 4.78 is 15.7. The molecule has 1 aromatic carbocycles. The van der Waals surface area contributed by atoms with Crippen LogP contribution < -0.4 is 0 Å². The Morgan fingerprint density at radius 1 is 1.26 bits per heavy atom. The third-order valence-corrected chi connectivity index (χ3v) is 4.49. The van der Waals surface area contributed by atoms with Gasteiger partial charge < -0.3 is 4.90 Å². The number of aromatic nitrogens is 2. The average Bonchev–Trinajstić information content (AvgIpc) is 2.88. The molecule has 1 atom stereocenters. The zero-order valence-electron chi connectivity index (χ0n) is 13.8. The molecule has 0 radical (unpaired) electrons. The van der Waals surface area contributed by atoms with Crippen molar-refractivity contribution in [3.8, 4) is 0 Å². The zero-order valence-corrected chi connectivity index (χ0v) is 13.8. The summed E-state index contributed by atoms with van der Waals surface area (Å²) in [5.74, 6) is -0.432. The van der Waals surface area contributed by atoms with Crippen LogP contribution >= 0.6 is 0 Å². The zero-order chi connectivity index (χ0) is 16.6. The highest BCUT2D eigenvalue weighted by Gasteiger charge is 2.27. The summed E-state index contributed by atoms with van der Waals surface area (Å²) >= 11 is 0. The first-order valence-corrected chi connectivity index (χ1v) is 8.04. The monoisotopic (exact) mass is 315 g/mol. The summed E-state index contributed by atoms with van der Waals surface area (Å²) in [5.41, 5.74) is 3.08. The molecular weight excluding hydrogens is 293 g/mol. The van der Waals surface area contributed by atoms with Crippen LogP contribution in [0.25, 0.3) is 0 Å². The fraction of sp³-hybridized carbons (Fsp3) is 0.444. The largest absolute Gasteiger partial charge is 0.337 e. The van der Waals surface area contributed by atoms with Crippen molar-refractivity contribution < 1.29 is 9.18 Å². The number of carbonyl (C=O) groups is 1. The van der Waals surface area contributed by atoms with Crippen molar-refractivity contribution in [1.82, 2.24) is 14.7 Å². The molecule has 1 fully saturated rings. The Hall–Kier alpha value is -2.17. The number of benzene rings is 1. The van der Waals surface area contributed by atoms with Gasteiger partial charge in [0.2, 0.25) is 0 Å². The molecule has 0 unspecified atom stereocenters. The van der Waals surface area contributed by atoms with E-state index >= 15 is 0 Å². The summed E-state index contributed by atoms with van der Waals surface area (Å²) in [6.45, 7) is 7.05. The quantitative estimate of drug-likeness (QED) is 0.851. The van der Waals surface area contributed by atoms with Crippen molar-refractivity contribution in [3.05, 3.63) is 52.6 Å². The number of nitrogens with zero attached hydrogens (tertiary/aromatic N) is 3. The second-order valence-corrected chi connectivity index (χ2v) is 6.38. The van der Waals surface area contributed by atoms with Gasteiger partial charge in [-0.1, -0.05) is 6.07 Å². The van der Waals surface area contributed by atoms with Gasteiger partial charge in [0, 0.05) is 24.3 Å². The molecule has 122 valence electrons. The number of carbonyl (C=O) groups excluding carboxylic acids is 1. The smallest absolute Gasteiger partial charge is 0.254 e. The maximum absolute atomic E-state index is 13.7. The fourth-order valence-electron chi connectivity index (χ4n) is 3.26. The van der Waals surface area contributed by atoms with Crippen LogP contribution in [0.2, 0.25) is 0 Å². The minimum Gasteiger partial charge on any atom is -0.337 e. The normalized spacial score (nSPS) is 18.3. The first-order valence-electron chi connectivity index (χ1n) is 8.04. The molecule has 0 bridgehead atoms. The van der Waals surface area contributed by atoms with E-state index in [4.69, 9.17) is 0 Å². The van der Waals surface area contributed by atoms with Crippen LogP contribution in [0, 0.1) is 26.6 Å². The van der Waals surface area contributed by atoms with Crippen LogP contribution in [0.5, 0.6) is 0 Å². The van der Waals surface area contributed by atoms with E-state index in [2.05, 4.69) is 11.2 Å². The number of hydrogen-bond acceptors (Lipinski definition) is 2. The third-order valence-electron chi connectivity index (χ3n) is 4.49. The fourth-order valence-corrected chi connectivity index (χ4v) is 3.26. The Kier molecular flexibility index (Phi) is 4.20. The minimum absolute atomic E-state index is 0.102. The van der Waals surface area contributed by atoms with Crippen LogP contribution in [0.1, 0.15) is 46.2 Å². The summed E-state index contributed by atoms with van der Waals surface area (Å²) in [5, 5.41) is 4.54. The minimum atomic E-state index is -0.331. The van der Waals surface area contributed by atoms with Gasteiger partial charge in [0.25, 0.3) is 5.91 Å². The molecule has 0 aliphatic carbocycles. The molecular formula is C18H22FN3O. The maximum atomic E-state index is 13.7. The number of halogens is 1. The molecule has 0 N–H and O–H groups in total. The number of hydrogen-bond donors (Lipinski definition) is 0. The van der Waals surface area contributed by atoms with Gasteiger partial charge in [-0.25, -0.2) is 4.39 Å². The van der Waals surface area contributed by atoms with Crippen molar-refractivity contribution in [2.24, 2.45) is 0 Å². The Balaban J connectivity index is 1.79. The second-order valence-electron chi connectivity index (χ2n) is 6.38. The van der Waals surface area contributed by atoms with Crippen molar-refractivity contribution in [1.29, 1.82) is 0 Å². The lowest BCUT2D eigenvalue weighted by Crippen LogP contribution is -2.41.